The molecule has 1 N–H and O–H groups in total. The Morgan fingerprint density at radius 2 is 2.23 bits per heavy atom. The Labute approximate surface area is 138 Å². The number of sulfone groups is 1. The minimum Gasteiger partial charge on any atom is -0.480 e. The average molecular weight is 392 g/mol. The van der Waals surface area contributed by atoms with Gasteiger partial charge in [0.25, 0.3) is 0 Å². The van der Waals surface area contributed by atoms with E-state index in [1.54, 1.807) is 0 Å². The Bertz CT molecular complexity index is 634. The lowest BCUT2D eigenvalue weighted by molar-refractivity contribution is -0.134. The summed E-state index contributed by atoms with van der Waals surface area (Å²) in [6.45, 7) is 1.97. The maximum atomic E-state index is 11.7. The molecule has 0 amide bonds. The van der Waals surface area contributed by atoms with Gasteiger partial charge in [0, 0.05) is 17.6 Å². The molecular weight excluding hydrogens is 374 g/mol. The maximum Gasteiger partial charge on any atom is 0.318 e. The van der Waals surface area contributed by atoms with Gasteiger partial charge >= 0.3 is 5.97 Å². The Hall–Kier alpha value is -0.960. The molecule has 1 saturated heterocycles. The lowest BCUT2D eigenvalue weighted by atomic mass is 10.1. The van der Waals surface area contributed by atoms with E-state index in [1.807, 2.05) is 29.2 Å². The average Bonchev–Trinajstić information content (AvgIpc) is 2.44. The van der Waals surface area contributed by atoms with Crippen LogP contribution in [-0.4, -0.2) is 62.2 Å². The second kappa shape index (κ2) is 7.54. The van der Waals surface area contributed by atoms with Crippen LogP contribution in [0.3, 0.4) is 0 Å². The zero-order chi connectivity index (χ0) is 16.2. The van der Waals surface area contributed by atoms with E-state index in [1.165, 1.54) is 0 Å². The minimum atomic E-state index is -3.59. The highest BCUT2D eigenvalue weighted by Gasteiger charge is 2.26. The van der Waals surface area contributed by atoms with Crippen LogP contribution >= 0.6 is 15.9 Å². The quantitative estimate of drug-likeness (QED) is 0.786. The molecule has 1 aliphatic heterocycles. The number of halogens is 1. The SMILES string of the molecule is O=C(O)CS(=O)(=O)CCN1CCOCC1c1cccc(Br)c1. The molecule has 0 aromatic heterocycles. The van der Waals surface area contributed by atoms with Crippen molar-refractivity contribution in [3.8, 4) is 0 Å². The van der Waals surface area contributed by atoms with Gasteiger partial charge in [-0.15, -0.1) is 0 Å². The number of rotatable bonds is 6. The van der Waals surface area contributed by atoms with Gasteiger partial charge in [-0.05, 0) is 17.7 Å². The summed E-state index contributed by atoms with van der Waals surface area (Å²) >= 11 is 3.43. The number of carboxylic acids is 1. The third-order valence-electron chi connectivity index (χ3n) is 3.51. The summed E-state index contributed by atoms with van der Waals surface area (Å²) in [5.74, 6) is -2.30. The molecule has 22 heavy (non-hydrogen) atoms. The first-order valence-electron chi connectivity index (χ1n) is 6.87. The van der Waals surface area contributed by atoms with Crippen molar-refractivity contribution >= 4 is 31.7 Å². The van der Waals surface area contributed by atoms with E-state index in [0.717, 1.165) is 10.0 Å². The largest absolute Gasteiger partial charge is 0.480 e. The van der Waals surface area contributed by atoms with E-state index in [4.69, 9.17) is 9.84 Å². The third kappa shape index (κ3) is 5.05. The molecule has 1 heterocycles. The molecular formula is C14H18BrNO5S. The molecule has 1 atom stereocenters. The Morgan fingerprint density at radius 3 is 2.91 bits per heavy atom. The van der Waals surface area contributed by atoms with Gasteiger partial charge in [-0.25, -0.2) is 8.42 Å². The van der Waals surface area contributed by atoms with E-state index in [9.17, 15) is 13.2 Å². The van der Waals surface area contributed by atoms with Gasteiger partial charge in [-0.2, -0.15) is 0 Å². The molecule has 1 fully saturated rings. The van der Waals surface area contributed by atoms with Gasteiger partial charge < -0.3 is 9.84 Å². The van der Waals surface area contributed by atoms with Crippen LogP contribution < -0.4 is 0 Å². The van der Waals surface area contributed by atoms with Gasteiger partial charge in [0.05, 0.1) is 25.0 Å². The smallest absolute Gasteiger partial charge is 0.318 e. The highest BCUT2D eigenvalue weighted by atomic mass is 79.9. The zero-order valence-electron chi connectivity index (χ0n) is 11.9. The van der Waals surface area contributed by atoms with E-state index >= 15 is 0 Å². The molecule has 0 bridgehead atoms. The second-order valence-electron chi connectivity index (χ2n) is 5.17. The van der Waals surface area contributed by atoms with E-state index in [0.29, 0.717) is 26.3 Å². The number of benzene rings is 1. The first-order chi connectivity index (χ1) is 10.4. The van der Waals surface area contributed by atoms with Crippen molar-refractivity contribution in [3.05, 3.63) is 34.3 Å². The normalized spacial score (nSPS) is 20.0. The zero-order valence-corrected chi connectivity index (χ0v) is 14.3. The first kappa shape index (κ1) is 17.4. The van der Waals surface area contributed by atoms with Crippen LogP contribution in [-0.2, 0) is 19.4 Å². The summed E-state index contributed by atoms with van der Waals surface area (Å²) in [7, 11) is -3.59. The molecule has 6 nitrogen and oxygen atoms in total. The fraction of sp³-hybridized carbons (Fsp3) is 0.500. The van der Waals surface area contributed by atoms with Crippen LogP contribution in [0.5, 0.6) is 0 Å². The fourth-order valence-corrected chi connectivity index (χ4v) is 3.89. The highest BCUT2D eigenvalue weighted by molar-refractivity contribution is 9.10. The van der Waals surface area contributed by atoms with Crippen molar-refractivity contribution in [2.75, 3.05) is 37.8 Å². The number of hydrogen-bond acceptors (Lipinski definition) is 5. The number of ether oxygens (including phenoxy) is 1. The number of nitrogens with zero attached hydrogens (tertiary/aromatic N) is 1. The van der Waals surface area contributed by atoms with Gasteiger partial charge in [0.2, 0.25) is 0 Å². The molecule has 1 aromatic carbocycles. The minimum absolute atomic E-state index is 0.0220. The monoisotopic (exact) mass is 391 g/mol. The van der Waals surface area contributed by atoms with Crippen LogP contribution in [0.25, 0.3) is 0 Å². The highest BCUT2D eigenvalue weighted by Crippen LogP contribution is 2.26. The molecule has 1 aliphatic rings. The summed E-state index contributed by atoms with van der Waals surface area (Å²) in [5.41, 5.74) is 1.05. The molecule has 122 valence electrons. The lowest BCUT2D eigenvalue weighted by Gasteiger charge is -2.35. The Balaban J connectivity index is 2.06. The van der Waals surface area contributed by atoms with Crippen LogP contribution in [0.15, 0.2) is 28.7 Å². The molecule has 2 rings (SSSR count). The van der Waals surface area contributed by atoms with Crippen LogP contribution in [0.1, 0.15) is 11.6 Å². The third-order valence-corrected chi connectivity index (χ3v) is 5.49. The van der Waals surface area contributed by atoms with E-state index in [2.05, 4.69) is 15.9 Å². The molecule has 0 aliphatic carbocycles. The molecule has 1 unspecified atom stereocenters. The fourth-order valence-electron chi connectivity index (χ4n) is 2.44. The summed E-state index contributed by atoms with van der Waals surface area (Å²) < 4.78 is 29.9. The van der Waals surface area contributed by atoms with Gasteiger partial charge in [-0.1, -0.05) is 28.1 Å². The number of hydrogen-bond donors (Lipinski definition) is 1. The van der Waals surface area contributed by atoms with Crippen molar-refractivity contribution in [1.29, 1.82) is 0 Å². The molecule has 0 spiro atoms. The molecule has 0 radical (unpaired) electrons. The molecule has 1 aromatic rings. The Kier molecular flexibility index (Phi) is 5.96. The van der Waals surface area contributed by atoms with Crippen molar-refractivity contribution in [3.63, 3.8) is 0 Å². The van der Waals surface area contributed by atoms with Crippen LogP contribution in [0.2, 0.25) is 0 Å². The summed E-state index contributed by atoms with van der Waals surface area (Å²) in [5, 5.41) is 8.63. The molecule has 8 heteroatoms. The van der Waals surface area contributed by atoms with Crippen LogP contribution in [0, 0.1) is 0 Å². The molecule has 0 saturated carbocycles. The number of carbonyl (C=O) groups is 1. The lowest BCUT2D eigenvalue weighted by Crippen LogP contribution is -2.42. The summed E-state index contributed by atoms with van der Waals surface area (Å²) in [6, 6.07) is 7.79. The van der Waals surface area contributed by atoms with Crippen molar-refractivity contribution in [1.82, 2.24) is 4.90 Å². The Morgan fingerprint density at radius 1 is 1.45 bits per heavy atom. The second-order valence-corrected chi connectivity index (χ2v) is 8.27. The van der Waals surface area contributed by atoms with Crippen molar-refractivity contribution in [2.45, 2.75) is 6.04 Å². The van der Waals surface area contributed by atoms with E-state index in [-0.39, 0.29) is 11.8 Å². The number of morpholine rings is 1. The first-order valence-corrected chi connectivity index (χ1v) is 9.48. The maximum absolute atomic E-state index is 11.7. The summed E-state index contributed by atoms with van der Waals surface area (Å²) in [6.07, 6.45) is 0. The van der Waals surface area contributed by atoms with Gasteiger partial charge in [0.15, 0.2) is 9.84 Å². The summed E-state index contributed by atoms with van der Waals surface area (Å²) in [4.78, 5) is 12.6. The standard InChI is InChI=1S/C14H18BrNO5S/c15-12-3-1-2-11(8-12)13-9-21-6-4-16(13)5-7-22(19,20)10-14(17)18/h1-3,8,13H,4-7,9-10H2,(H,17,18). The van der Waals surface area contributed by atoms with Gasteiger partial charge in [-0.3, -0.25) is 9.69 Å². The number of carboxylic acid groups (broad SMARTS) is 1. The van der Waals surface area contributed by atoms with Crippen LogP contribution in [0.4, 0.5) is 0 Å². The van der Waals surface area contributed by atoms with Crippen molar-refractivity contribution in [2.24, 2.45) is 0 Å². The topological polar surface area (TPSA) is 83.9 Å². The number of aliphatic carboxylic acids is 1. The van der Waals surface area contributed by atoms with Gasteiger partial charge in [0.1, 0.15) is 5.75 Å². The predicted molar refractivity (Wildman–Crippen MR) is 85.6 cm³/mol. The van der Waals surface area contributed by atoms with Crippen molar-refractivity contribution < 1.29 is 23.1 Å². The van der Waals surface area contributed by atoms with E-state index < -0.39 is 21.6 Å². The predicted octanol–water partition coefficient (Wildman–Crippen LogP) is 1.32.